The molecule has 0 fully saturated rings. The fourth-order valence-electron chi connectivity index (χ4n) is 3.79. The third-order valence-electron chi connectivity index (χ3n) is 5.64. The van der Waals surface area contributed by atoms with Gasteiger partial charge in [-0.05, 0) is 54.3 Å². The quantitative estimate of drug-likeness (QED) is 0.713. The second kappa shape index (κ2) is 9.25. The SMILES string of the molecule is COc1cc2c(cc1OC)CN(C(=O)NC(C)C(=O)NCc1ccc3c(c1)OCO3)CC2. The van der Waals surface area contributed by atoms with Crippen LogP contribution in [0, 0.1) is 0 Å². The van der Waals surface area contributed by atoms with E-state index in [0.717, 1.165) is 16.7 Å². The van der Waals surface area contributed by atoms with Gasteiger partial charge in [0, 0.05) is 19.6 Å². The minimum atomic E-state index is -0.677. The molecule has 3 amide bonds. The Morgan fingerprint density at radius 3 is 2.53 bits per heavy atom. The van der Waals surface area contributed by atoms with E-state index in [1.54, 1.807) is 26.0 Å². The predicted molar refractivity (Wildman–Crippen MR) is 116 cm³/mol. The van der Waals surface area contributed by atoms with Crippen molar-refractivity contribution in [2.24, 2.45) is 0 Å². The van der Waals surface area contributed by atoms with Crippen LogP contribution in [0.1, 0.15) is 23.6 Å². The molecule has 170 valence electrons. The zero-order valence-corrected chi connectivity index (χ0v) is 18.4. The fourth-order valence-corrected chi connectivity index (χ4v) is 3.79. The summed E-state index contributed by atoms with van der Waals surface area (Å²) in [6.45, 7) is 3.19. The van der Waals surface area contributed by atoms with Crippen molar-refractivity contribution in [3.8, 4) is 23.0 Å². The minimum absolute atomic E-state index is 0.204. The standard InChI is InChI=1S/C23H27N3O6/c1-14(22(27)24-11-15-4-5-18-21(8-15)32-13-31-18)25-23(28)26-7-6-16-9-19(29-2)20(30-3)10-17(16)12-26/h4-5,8-10,14H,6-7,11-13H2,1-3H3,(H,24,27)(H,25,28). The van der Waals surface area contributed by atoms with E-state index in [-0.39, 0.29) is 18.7 Å². The maximum Gasteiger partial charge on any atom is 0.318 e. The fraction of sp³-hybridized carbons (Fsp3) is 0.391. The Morgan fingerprint density at radius 1 is 1.06 bits per heavy atom. The Bertz CT molecular complexity index is 1030. The molecule has 2 N–H and O–H groups in total. The molecule has 0 saturated heterocycles. The van der Waals surface area contributed by atoms with E-state index >= 15 is 0 Å². The molecule has 0 radical (unpaired) electrons. The average Bonchev–Trinajstić information content (AvgIpc) is 3.28. The number of ether oxygens (including phenoxy) is 4. The van der Waals surface area contributed by atoms with Crippen LogP contribution in [-0.2, 0) is 24.3 Å². The van der Waals surface area contributed by atoms with E-state index in [2.05, 4.69) is 10.6 Å². The Morgan fingerprint density at radius 2 is 1.78 bits per heavy atom. The number of hydrogen-bond acceptors (Lipinski definition) is 6. The number of fused-ring (bicyclic) bond motifs is 2. The zero-order chi connectivity index (χ0) is 22.7. The van der Waals surface area contributed by atoms with Gasteiger partial charge in [-0.2, -0.15) is 0 Å². The Hall–Kier alpha value is -3.62. The molecule has 0 aliphatic carbocycles. The third-order valence-corrected chi connectivity index (χ3v) is 5.64. The van der Waals surface area contributed by atoms with Crippen molar-refractivity contribution in [1.29, 1.82) is 0 Å². The highest BCUT2D eigenvalue weighted by Gasteiger charge is 2.25. The molecule has 2 aliphatic rings. The lowest BCUT2D eigenvalue weighted by Crippen LogP contribution is -2.50. The van der Waals surface area contributed by atoms with Crippen molar-refractivity contribution in [3.63, 3.8) is 0 Å². The van der Waals surface area contributed by atoms with Crippen molar-refractivity contribution in [2.45, 2.75) is 32.5 Å². The first-order valence-electron chi connectivity index (χ1n) is 10.4. The first-order valence-corrected chi connectivity index (χ1v) is 10.4. The summed E-state index contributed by atoms with van der Waals surface area (Å²) >= 11 is 0. The molecular formula is C23H27N3O6. The number of carbonyl (C=O) groups is 2. The van der Waals surface area contributed by atoms with Crippen LogP contribution in [0.25, 0.3) is 0 Å². The van der Waals surface area contributed by atoms with E-state index in [9.17, 15) is 9.59 Å². The molecule has 1 atom stereocenters. The molecule has 9 nitrogen and oxygen atoms in total. The van der Waals surface area contributed by atoms with Gasteiger partial charge < -0.3 is 34.5 Å². The molecule has 1 unspecified atom stereocenters. The van der Waals surface area contributed by atoms with Gasteiger partial charge in [-0.25, -0.2) is 4.79 Å². The van der Waals surface area contributed by atoms with Gasteiger partial charge in [0.1, 0.15) is 6.04 Å². The van der Waals surface area contributed by atoms with Crippen molar-refractivity contribution >= 4 is 11.9 Å². The second-order valence-corrected chi connectivity index (χ2v) is 7.72. The molecule has 4 rings (SSSR count). The molecule has 2 aromatic rings. The summed E-state index contributed by atoms with van der Waals surface area (Å²) in [5, 5.41) is 5.63. The van der Waals surface area contributed by atoms with Gasteiger partial charge >= 0.3 is 6.03 Å². The largest absolute Gasteiger partial charge is 0.493 e. The molecule has 0 bridgehead atoms. The maximum absolute atomic E-state index is 12.8. The van der Waals surface area contributed by atoms with E-state index in [1.807, 2.05) is 30.3 Å². The van der Waals surface area contributed by atoms with Gasteiger partial charge in [0.05, 0.1) is 14.2 Å². The van der Waals surface area contributed by atoms with Crippen LogP contribution in [-0.4, -0.2) is 50.4 Å². The van der Waals surface area contributed by atoms with Gasteiger partial charge in [-0.15, -0.1) is 0 Å². The minimum Gasteiger partial charge on any atom is -0.493 e. The smallest absolute Gasteiger partial charge is 0.318 e. The van der Waals surface area contributed by atoms with E-state index in [1.165, 1.54) is 0 Å². The Labute approximate surface area is 186 Å². The van der Waals surface area contributed by atoms with Gasteiger partial charge in [0.2, 0.25) is 12.7 Å². The second-order valence-electron chi connectivity index (χ2n) is 7.72. The lowest BCUT2D eigenvalue weighted by molar-refractivity contribution is -0.122. The summed E-state index contributed by atoms with van der Waals surface area (Å²) in [4.78, 5) is 26.9. The topological polar surface area (TPSA) is 98.4 Å². The molecule has 9 heteroatoms. The number of methoxy groups -OCH3 is 2. The normalized spacial score (nSPS) is 14.9. The van der Waals surface area contributed by atoms with Crippen LogP contribution >= 0.6 is 0 Å². The van der Waals surface area contributed by atoms with E-state index in [0.29, 0.717) is 49.1 Å². The molecular weight excluding hydrogens is 414 g/mol. The lowest BCUT2D eigenvalue weighted by Gasteiger charge is -2.30. The van der Waals surface area contributed by atoms with Gasteiger partial charge in [0.25, 0.3) is 0 Å². The predicted octanol–water partition coefficient (Wildman–Crippen LogP) is 2.21. The molecule has 0 spiro atoms. The van der Waals surface area contributed by atoms with Crippen molar-refractivity contribution in [3.05, 3.63) is 47.0 Å². The molecule has 2 aromatic carbocycles. The van der Waals surface area contributed by atoms with E-state index in [4.69, 9.17) is 18.9 Å². The molecule has 2 aliphatic heterocycles. The van der Waals surface area contributed by atoms with Crippen molar-refractivity contribution < 1.29 is 28.5 Å². The first kappa shape index (κ1) is 21.6. The Balaban J connectivity index is 1.31. The van der Waals surface area contributed by atoms with Crippen LogP contribution in [0.15, 0.2) is 30.3 Å². The van der Waals surface area contributed by atoms with Gasteiger partial charge in [-0.1, -0.05) is 6.07 Å². The highest BCUT2D eigenvalue weighted by Crippen LogP contribution is 2.33. The van der Waals surface area contributed by atoms with Gasteiger partial charge in [0.15, 0.2) is 23.0 Å². The number of benzene rings is 2. The maximum atomic E-state index is 12.8. The number of hydrogen-bond donors (Lipinski definition) is 2. The summed E-state index contributed by atoms with van der Waals surface area (Å²) in [7, 11) is 3.19. The number of nitrogens with zero attached hydrogens (tertiary/aromatic N) is 1. The monoisotopic (exact) mass is 441 g/mol. The zero-order valence-electron chi connectivity index (χ0n) is 18.4. The number of urea groups is 1. The number of rotatable bonds is 6. The summed E-state index contributed by atoms with van der Waals surface area (Å²) in [5.41, 5.74) is 3.02. The van der Waals surface area contributed by atoms with Crippen molar-refractivity contribution in [2.75, 3.05) is 27.6 Å². The number of nitrogens with one attached hydrogen (secondary N) is 2. The van der Waals surface area contributed by atoms with Crippen LogP contribution in [0.4, 0.5) is 4.79 Å². The summed E-state index contributed by atoms with van der Waals surface area (Å²) in [5.74, 6) is 2.40. The van der Waals surface area contributed by atoms with Crippen LogP contribution in [0.5, 0.6) is 23.0 Å². The molecule has 0 aromatic heterocycles. The lowest BCUT2D eigenvalue weighted by atomic mass is 9.99. The molecule has 2 heterocycles. The summed E-state index contributed by atoms with van der Waals surface area (Å²) < 4.78 is 21.4. The van der Waals surface area contributed by atoms with Crippen LogP contribution in [0.2, 0.25) is 0 Å². The Kier molecular flexibility index (Phi) is 6.25. The summed E-state index contributed by atoms with van der Waals surface area (Å²) in [6.07, 6.45) is 0.702. The third kappa shape index (κ3) is 4.51. The van der Waals surface area contributed by atoms with E-state index < -0.39 is 6.04 Å². The molecule has 32 heavy (non-hydrogen) atoms. The average molecular weight is 441 g/mol. The summed E-state index contributed by atoms with van der Waals surface area (Å²) in [6, 6.07) is 8.41. The number of carbonyl (C=O) groups excluding carboxylic acids is 2. The molecule has 0 saturated carbocycles. The van der Waals surface area contributed by atoms with Crippen molar-refractivity contribution in [1.82, 2.24) is 15.5 Å². The highest BCUT2D eigenvalue weighted by molar-refractivity contribution is 5.86. The van der Waals surface area contributed by atoms with Crippen LogP contribution < -0.4 is 29.6 Å². The highest BCUT2D eigenvalue weighted by atomic mass is 16.7. The van der Waals surface area contributed by atoms with Crippen LogP contribution in [0.3, 0.4) is 0 Å². The first-order chi connectivity index (χ1) is 15.5. The van der Waals surface area contributed by atoms with Gasteiger partial charge in [-0.3, -0.25) is 4.79 Å². The number of amides is 3.